The molecule has 1 unspecified atom stereocenters. The predicted octanol–water partition coefficient (Wildman–Crippen LogP) is 3.48. The number of aliphatic hydroxyl groups is 1. The number of hydrogen-bond donors (Lipinski definition) is 1. The van der Waals surface area contributed by atoms with Crippen molar-refractivity contribution in [3.63, 3.8) is 0 Å². The van der Waals surface area contributed by atoms with E-state index in [0.29, 0.717) is 0 Å². The summed E-state index contributed by atoms with van der Waals surface area (Å²) in [7, 11) is 6.65. The van der Waals surface area contributed by atoms with Gasteiger partial charge in [-0.2, -0.15) is 0 Å². The lowest BCUT2D eigenvalue weighted by atomic mass is 9.72. The van der Waals surface area contributed by atoms with Crippen LogP contribution >= 0.6 is 0 Å². The van der Waals surface area contributed by atoms with Gasteiger partial charge in [0.25, 0.3) is 0 Å². The number of likely N-dealkylation sites (N-methyl/N-ethyl adjacent to an activating group) is 1. The van der Waals surface area contributed by atoms with E-state index < -0.39 is 5.60 Å². The van der Waals surface area contributed by atoms with E-state index in [9.17, 15) is 5.11 Å². The Bertz CT molecular complexity index is 424. The first kappa shape index (κ1) is 15.5. The fourth-order valence-electron chi connectivity index (χ4n) is 3.44. The molecule has 1 aromatic carbocycles. The van der Waals surface area contributed by atoms with E-state index in [0.717, 1.165) is 36.7 Å². The van der Waals surface area contributed by atoms with Crippen LogP contribution in [0.3, 0.4) is 0 Å². The monoisotopic (exact) mass is 276 g/mol. The molecule has 1 N–H and O–H groups in total. The number of hydrogen-bond acceptors (Lipinski definition) is 1. The smallest absolute Gasteiger partial charge is 0.0878 e. The molecule has 1 aliphatic carbocycles. The summed E-state index contributed by atoms with van der Waals surface area (Å²) in [5.41, 5.74) is 2.07. The maximum atomic E-state index is 11.2. The molecule has 0 spiro atoms. The highest BCUT2D eigenvalue weighted by Crippen LogP contribution is 2.40. The van der Waals surface area contributed by atoms with Crippen LogP contribution in [0.25, 0.3) is 0 Å². The lowest BCUT2D eigenvalue weighted by Crippen LogP contribution is -2.48. The minimum absolute atomic E-state index is 0.239. The number of nitrogens with zero attached hydrogens (tertiary/aromatic N) is 1. The van der Waals surface area contributed by atoms with Crippen molar-refractivity contribution in [2.24, 2.45) is 0 Å². The Balaban J connectivity index is 2.31. The molecule has 1 atom stereocenters. The third kappa shape index (κ3) is 3.83. The van der Waals surface area contributed by atoms with Gasteiger partial charge in [-0.25, -0.2) is 0 Å². The minimum Gasteiger partial charge on any atom is -0.389 e. The van der Waals surface area contributed by atoms with Crippen LogP contribution in [0, 0.1) is 6.92 Å². The van der Waals surface area contributed by atoms with Crippen molar-refractivity contribution in [1.82, 2.24) is 0 Å². The molecule has 112 valence electrons. The Morgan fingerprint density at radius 2 is 1.60 bits per heavy atom. The van der Waals surface area contributed by atoms with Crippen molar-refractivity contribution in [3.8, 4) is 0 Å². The van der Waals surface area contributed by atoms with Crippen LogP contribution < -0.4 is 0 Å². The first-order chi connectivity index (χ1) is 9.30. The second-order valence-electron chi connectivity index (χ2n) is 7.60. The molecular weight excluding hydrogens is 246 g/mol. The van der Waals surface area contributed by atoms with Gasteiger partial charge in [0.1, 0.15) is 0 Å². The van der Waals surface area contributed by atoms with Crippen molar-refractivity contribution >= 4 is 0 Å². The molecule has 1 aliphatic rings. The Hall–Kier alpha value is -0.860. The molecule has 0 heterocycles. The summed E-state index contributed by atoms with van der Waals surface area (Å²) in [6, 6.07) is 8.76. The van der Waals surface area contributed by atoms with Gasteiger partial charge in [0, 0.05) is 0 Å². The van der Waals surface area contributed by atoms with Gasteiger partial charge in [0.2, 0.25) is 0 Å². The maximum Gasteiger partial charge on any atom is 0.0878 e. The molecule has 0 aromatic heterocycles. The van der Waals surface area contributed by atoms with Gasteiger partial charge in [0.15, 0.2) is 0 Å². The largest absolute Gasteiger partial charge is 0.389 e. The molecule has 1 saturated carbocycles. The quantitative estimate of drug-likeness (QED) is 0.835. The number of rotatable bonds is 4. The van der Waals surface area contributed by atoms with Crippen LogP contribution in [-0.4, -0.2) is 42.9 Å². The molecule has 1 fully saturated rings. The van der Waals surface area contributed by atoms with Crippen molar-refractivity contribution < 1.29 is 9.59 Å². The minimum atomic E-state index is -0.515. The molecular formula is C18H30NO+. The number of aryl methyl sites for hydroxylation is 1. The zero-order valence-corrected chi connectivity index (χ0v) is 13.5. The van der Waals surface area contributed by atoms with Gasteiger partial charge in [-0.05, 0) is 25.3 Å². The lowest BCUT2D eigenvalue weighted by molar-refractivity contribution is -0.872. The Morgan fingerprint density at radius 3 is 2.10 bits per heavy atom. The summed E-state index contributed by atoms with van der Waals surface area (Å²) in [5, 5.41) is 11.2. The van der Waals surface area contributed by atoms with E-state index >= 15 is 0 Å². The molecule has 2 heteroatoms. The summed E-state index contributed by atoms with van der Waals surface area (Å²) in [5.74, 6) is 0.239. The fourth-order valence-corrected chi connectivity index (χ4v) is 3.44. The SMILES string of the molecule is Cc1ccc(C(C[N+](C)(C)C)C2(O)CCCCC2)cc1. The molecule has 0 saturated heterocycles. The first-order valence-corrected chi connectivity index (χ1v) is 7.90. The summed E-state index contributed by atoms with van der Waals surface area (Å²) < 4.78 is 0.890. The highest BCUT2D eigenvalue weighted by Gasteiger charge is 2.41. The van der Waals surface area contributed by atoms with Crippen LogP contribution in [-0.2, 0) is 0 Å². The van der Waals surface area contributed by atoms with E-state index in [1.165, 1.54) is 17.5 Å². The van der Waals surface area contributed by atoms with Gasteiger partial charge in [-0.1, -0.05) is 49.1 Å². The topological polar surface area (TPSA) is 20.2 Å². The first-order valence-electron chi connectivity index (χ1n) is 7.90. The fraction of sp³-hybridized carbons (Fsp3) is 0.667. The molecule has 0 radical (unpaired) electrons. The zero-order valence-electron chi connectivity index (χ0n) is 13.5. The second-order valence-corrected chi connectivity index (χ2v) is 7.60. The summed E-state index contributed by atoms with van der Waals surface area (Å²) >= 11 is 0. The van der Waals surface area contributed by atoms with Gasteiger partial charge in [-0.3, -0.25) is 0 Å². The Labute approximate surface area is 124 Å². The van der Waals surface area contributed by atoms with E-state index in [4.69, 9.17) is 0 Å². The molecule has 1 aromatic rings. The second kappa shape index (κ2) is 5.87. The lowest BCUT2D eigenvalue weighted by Gasteiger charge is -2.42. The van der Waals surface area contributed by atoms with Crippen LogP contribution in [0.2, 0.25) is 0 Å². The predicted molar refractivity (Wildman–Crippen MR) is 84.9 cm³/mol. The molecule has 0 amide bonds. The third-order valence-corrected chi connectivity index (χ3v) is 4.58. The van der Waals surface area contributed by atoms with Gasteiger partial charge < -0.3 is 9.59 Å². The summed E-state index contributed by atoms with van der Waals surface area (Å²) in [6.45, 7) is 3.10. The van der Waals surface area contributed by atoms with Gasteiger partial charge >= 0.3 is 0 Å². The van der Waals surface area contributed by atoms with Crippen LogP contribution in [0.5, 0.6) is 0 Å². The summed E-state index contributed by atoms with van der Waals surface area (Å²) in [4.78, 5) is 0. The van der Waals surface area contributed by atoms with Crippen molar-refractivity contribution in [2.45, 2.75) is 50.5 Å². The van der Waals surface area contributed by atoms with Crippen LogP contribution in [0.1, 0.15) is 49.1 Å². The third-order valence-electron chi connectivity index (χ3n) is 4.58. The van der Waals surface area contributed by atoms with Crippen molar-refractivity contribution in [3.05, 3.63) is 35.4 Å². The Kier molecular flexibility index (Phi) is 4.55. The van der Waals surface area contributed by atoms with E-state index in [2.05, 4.69) is 52.3 Å². The van der Waals surface area contributed by atoms with E-state index in [1.807, 2.05) is 0 Å². The van der Waals surface area contributed by atoms with Crippen molar-refractivity contribution in [1.29, 1.82) is 0 Å². The standard InChI is InChI=1S/C18H30NO/c1-15-8-10-16(11-9-15)17(14-19(2,3)4)18(20)12-6-5-7-13-18/h8-11,17,20H,5-7,12-14H2,1-4H3/q+1. The van der Waals surface area contributed by atoms with Crippen molar-refractivity contribution in [2.75, 3.05) is 27.7 Å². The normalized spacial score (nSPS) is 20.6. The van der Waals surface area contributed by atoms with E-state index in [-0.39, 0.29) is 5.92 Å². The Morgan fingerprint density at radius 1 is 1.05 bits per heavy atom. The van der Waals surface area contributed by atoms with Gasteiger partial charge in [0.05, 0.1) is 39.2 Å². The van der Waals surface area contributed by atoms with Gasteiger partial charge in [-0.15, -0.1) is 0 Å². The summed E-state index contributed by atoms with van der Waals surface area (Å²) in [6.07, 6.45) is 5.50. The number of quaternary nitrogens is 1. The average molecular weight is 276 g/mol. The van der Waals surface area contributed by atoms with Crippen LogP contribution in [0.15, 0.2) is 24.3 Å². The van der Waals surface area contributed by atoms with Crippen LogP contribution in [0.4, 0.5) is 0 Å². The average Bonchev–Trinajstić information content (AvgIpc) is 2.37. The molecule has 20 heavy (non-hydrogen) atoms. The maximum absolute atomic E-state index is 11.2. The molecule has 2 rings (SSSR count). The highest BCUT2D eigenvalue weighted by molar-refractivity contribution is 5.27. The molecule has 2 nitrogen and oxygen atoms in total. The van der Waals surface area contributed by atoms with E-state index in [1.54, 1.807) is 0 Å². The number of benzene rings is 1. The zero-order chi connectivity index (χ0) is 14.8. The molecule has 0 aliphatic heterocycles. The molecule has 0 bridgehead atoms. The highest BCUT2D eigenvalue weighted by atomic mass is 16.3.